The van der Waals surface area contributed by atoms with Gasteiger partial charge in [0, 0.05) is 38.4 Å². The van der Waals surface area contributed by atoms with E-state index in [2.05, 4.69) is 24.8 Å². The lowest BCUT2D eigenvalue weighted by Gasteiger charge is -2.31. The van der Waals surface area contributed by atoms with Crippen LogP contribution >= 0.6 is 0 Å². The molecule has 10 heteroatoms. The molecule has 0 amide bonds. The van der Waals surface area contributed by atoms with E-state index >= 15 is 0 Å². The van der Waals surface area contributed by atoms with E-state index in [4.69, 9.17) is 20.2 Å². The molecule has 0 bridgehead atoms. The Morgan fingerprint density at radius 3 is 2.31 bits per heavy atom. The maximum absolute atomic E-state index is 12.3. The maximum Gasteiger partial charge on any atom is 0.261 e. The minimum Gasteiger partial charge on any atom is -0.378 e. The molecule has 4 heterocycles. The summed E-state index contributed by atoms with van der Waals surface area (Å²) in [5.41, 5.74) is 6.12. The molecule has 4 rings (SSSR count). The van der Waals surface area contributed by atoms with Gasteiger partial charge in [-0.1, -0.05) is 0 Å². The number of nitrogens with one attached hydrogen (secondary N) is 1. The predicted molar refractivity (Wildman–Crippen MR) is 96.4 cm³/mol. The zero-order valence-electron chi connectivity index (χ0n) is 14.3. The molecule has 0 spiro atoms. The Balaban J connectivity index is 1.77. The first kappa shape index (κ1) is 16.7. The van der Waals surface area contributed by atoms with Gasteiger partial charge in [-0.2, -0.15) is 4.98 Å². The molecule has 2 aliphatic rings. The Hall–Kier alpha value is -2.72. The van der Waals surface area contributed by atoms with E-state index in [0.717, 1.165) is 18.9 Å². The van der Waals surface area contributed by atoms with E-state index in [-0.39, 0.29) is 11.5 Å². The molecule has 0 atom stereocenters. The number of nitrogens with zero attached hydrogens (tertiary/aromatic N) is 5. The molecule has 2 fully saturated rings. The number of anilines is 3. The van der Waals surface area contributed by atoms with Gasteiger partial charge in [-0.05, 0) is 0 Å². The number of rotatable bonds is 3. The first-order valence-electron chi connectivity index (χ1n) is 8.60. The summed E-state index contributed by atoms with van der Waals surface area (Å²) in [6.45, 7) is 5.47. The fraction of sp³-hybridized carbons (Fsp3) is 0.500. The molecular formula is C16H21N7O3. The maximum atomic E-state index is 12.3. The van der Waals surface area contributed by atoms with Gasteiger partial charge in [0.15, 0.2) is 5.95 Å². The van der Waals surface area contributed by atoms with Gasteiger partial charge < -0.3 is 25.0 Å². The third-order valence-corrected chi connectivity index (χ3v) is 4.42. The Morgan fingerprint density at radius 1 is 1.00 bits per heavy atom. The van der Waals surface area contributed by atoms with Crippen LogP contribution in [-0.4, -0.2) is 72.5 Å². The summed E-state index contributed by atoms with van der Waals surface area (Å²) in [7, 11) is 0. The van der Waals surface area contributed by atoms with Crippen LogP contribution in [0.4, 0.5) is 17.7 Å². The second-order valence-electron chi connectivity index (χ2n) is 6.12. The van der Waals surface area contributed by atoms with Gasteiger partial charge in [0.2, 0.25) is 5.95 Å². The summed E-state index contributed by atoms with van der Waals surface area (Å²) in [6.07, 6.45) is 1.45. The topological polar surface area (TPSA) is 122 Å². The first-order chi connectivity index (χ1) is 12.7. The summed E-state index contributed by atoms with van der Waals surface area (Å²) in [5.74, 6) is 1.44. The smallest absolute Gasteiger partial charge is 0.261 e. The van der Waals surface area contributed by atoms with Crippen LogP contribution in [0.3, 0.4) is 0 Å². The Kier molecular flexibility index (Phi) is 4.67. The summed E-state index contributed by atoms with van der Waals surface area (Å²) < 4.78 is 10.8. The van der Waals surface area contributed by atoms with Gasteiger partial charge in [0.1, 0.15) is 5.82 Å². The fourth-order valence-corrected chi connectivity index (χ4v) is 3.01. The number of hydrogen-bond donors (Lipinski definition) is 2. The van der Waals surface area contributed by atoms with Crippen molar-refractivity contribution < 1.29 is 9.47 Å². The molecule has 0 radical (unpaired) electrons. The Labute approximate surface area is 150 Å². The van der Waals surface area contributed by atoms with E-state index in [1.165, 1.54) is 6.20 Å². The Morgan fingerprint density at radius 2 is 1.65 bits per heavy atom. The lowest BCUT2D eigenvalue weighted by Crippen LogP contribution is -2.39. The van der Waals surface area contributed by atoms with E-state index in [0.29, 0.717) is 56.7 Å². The van der Waals surface area contributed by atoms with Crippen molar-refractivity contribution in [2.24, 2.45) is 0 Å². The van der Waals surface area contributed by atoms with E-state index in [9.17, 15) is 4.79 Å². The van der Waals surface area contributed by atoms with E-state index < -0.39 is 0 Å². The lowest BCUT2D eigenvalue weighted by atomic mass is 10.2. The molecule has 2 saturated heterocycles. The molecule has 2 aliphatic heterocycles. The molecule has 0 unspecified atom stereocenters. The second-order valence-corrected chi connectivity index (χ2v) is 6.12. The van der Waals surface area contributed by atoms with Crippen molar-refractivity contribution in [3.05, 3.63) is 22.6 Å². The number of aromatic amines is 1. The van der Waals surface area contributed by atoms with Crippen LogP contribution in [0.1, 0.15) is 0 Å². The monoisotopic (exact) mass is 359 g/mol. The Bertz CT molecular complexity index is 793. The highest BCUT2D eigenvalue weighted by Crippen LogP contribution is 2.24. The van der Waals surface area contributed by atoms with Crippen LogP contribution < -0.4 is 21.1 Å². The van der Waals surface area contributed by atoms with Crippen molar-refractivity contribution in [3.63, 3.8) is 0 Å². The minimum absolute atomic E-state index is 0.0783. The quantitative estimate of drug-likeness (QED) is 0.745. The van der Waals surface area contributed by atoms with Crippen LogP contribution in [0, 0.1) is 0 Å². The molecule has 3 N–H and O–H groups in total. The van der Waals surface area contributed by atoms with Crippen molar-refractivity contribution in [2.75, 3.05) is 68.1 Å². The molecule has 2 aromatic rings. The van der Waals surface area contributed by atoms with Crippen molar-refractivity contribution in [2.45, 2.75) is 0 Å². The highest BCUT2D eigenvalue weighted by atomic mass is 16.5. The van der Waals surface area contributed by atoms with Crippen LogP contribution in [0.5, 0.6) is 0 Å². The molecule has 2 aromatic heterocycles. The third kappa shape index (κ3) is 3.46. The SMILES string of the molecule is Nc1ncc(-c2cc(N3CCOCC3)nc(N3CCOCC3)n2)c(=O)[nH]1. The van der Waals surface area contributed by atoms with E-state index in [1.54, 1.807) is 0 Å². The first-order valence-corrected chi connectivity index (χ1v) is 8.60. The molecular weight excluding hydrogens is 338 g/mol. The zero-order valence-corrected chi connectivity index (χ0v) is 14.3. The number of morpholine rings is 2. The number of ether oxygens (including phenoxy) is 2. The number of nitrogen functional groups attached to an aromatic ring is 1. The highest BCUT2D eigenvalue weighted by Gasteiger charge is 2.21. The molecule has 0 aromatic carbocycles. The predicted octanol–water partition coefficient (Wildman–Crippen LogP) is -0.518. The summed E-state index contributed by atoms with van der Waals surface area (Å²) in [6, 6.07) is 1.82. The molecule has 26 heavy (non-hydrogen) atoms. The van der Waals surface area contributed by atoms with Crippen LogP contribution in [0.15, 0.2) is 17.1 Å². The average Bonchev–Trinajstić information content (AvgIpc) is 2.69. The summed E-state index contributed by atoms with van der Waals surface area (Å²) >= 11 is 0. The van der Waals surface area contributed by atoms with Crippen molar-refractivity contribution in [3.8, 4) is 11.3 Å². The van der Waals surface area contributed by atoms with Crippen LogP contribution in [0.2, 0.25) is 0 Å². The number of H-pyrrole nitrogens is 1. The number of aromatic nitrogens is 4. The van der Waals surface area contributed by atoms with Crippen molar-refractivity contribution in [1.82, 2.24) is 19.9 Å². The molecule has 10 nitrogen and oxygen atoms in total. The van der Waals surface area contributed by atoms with Crippen LogP contribution in [0.25, 0.3) is 11.3 Å². The van der Waals surface area contributed by atoms with Gasteiger partial charge in [0.05, 0.1) is 37.7 Å². The van der Waals surface area contributed by atoms with Crippen LogP contribution in [-0.2, 0) is 9.47 Å². The van der Waals surface area contributed by atoms with E-state index in [1.807, 2.05) is 6.07 Å². The van der Waals surface area contributed by atoms with Crippen molar-refractivity contribution in [1.29, 1.82) is 0 Å². The van der Waals surface area contributed by atoms with Gasteiger partial charge >= 0.3 is 0 Å². The number of nitrogens with two attached hydrogens (primary N) is 1. The molecule has 0 aliphatic carbocycles. The standard InChI is InChI=1S/C16H21N7O3/c17-15-18-10-11(14(24)21-15)12-9-13(22-1-5-25-6-2-22)20-16(19-12)23-3-7-26-8-4-23/h9-10H,1-8H2,(H3,17,18,21,24). The number of hydrogen-bond acceptors (Lipinski definition) is 9. The molecule has 0 saturated carbocycles. The highest BCUT2D eigenvalue weighted by molar-refractivity contribution is 5.64. The summed E-state index contributed by atoms with van der Waals surface area (Å²) in [4.78, 5) is 32.4. The minimum atomic E-state index is -0.322. The molecule has 138 valence electrons. The second kappa shape index (κ2) is 7.26. The van der Waals surface area contributed by atoms with Gasteiger partial charge in [-0.15, -0.1) is 0 Å². The van der Waals surface area contributed by atoms with Gasteiger partial charge in [-0.25, -0.2) is 9.97 Å². The third-order valence-electron chi connectivity index (χ3n) is 4.42. The van der Waals surface area contributed by atoms with Crippen molar-refractivity contribution >= 4 is 17.7 Å². The average molecular weight is 359 g/mol. The largest absolute Gasteiger partial charge is 0.378 e. The zero-order chi connectivity index (χ0) is 17.9. The normalized spacial score (nSPS) is 18.2. The lowest BCUT2D eigenvalue weighted by molar-refractivity contribution is 0.121. The van der Waals surface area contributed by atoms with Gasteiger partial charge in [-0.3, -0.25) is 9.78 Å². The fourth-order valence-electron chi connectivity index (χ4n) is 3.01. The van der Waals surface area contributed by atoms with Gasteiger partial charge in [0.25, 0.3) is 5.56 Å². The summed E-state index contributed by atoms with van der Waals surface area (Å²) in [5, 5.41) is 0.